The molecule has 0 saturated heterocycles. The van der Waals surface area contributed by atoms with Gasteiger partial charge in [-0.05, 0) is 28.8 Å². The zero-order valence-corrected chi connectivity index (χ0v) is 19.1. The molecule has 1 aliphatic rings. The minimum atomic E-state index is -1.93. The summed E-state index contributed by atoms with van der Waals surface area (Å²) in [6.45, 7) is 13.6. The van der Waals surface area contributed by atoms with Crippen LogP contribution < -0.4 is 5.73 Å². The van der Waals surface area contributed by atoms with Crippen molar-refractivity contribution >= 4 is 25.3 Å². The van der Waals surface area contributed by atoms with Gasteiger partial charge in [0.1, 0.15) is 8.07 Å². The number of carbonyl (C=O) groups is 2. The molecule has 4 heteroatoms. The van der Waals surface area contributed by atoms with Crippen LogP contribution in [0.1, 0.15) is 78.9 Å². The fourth-order valence-corrected chi connectivity index (χ4v) is 10.1. The van der Waals surface area contributed by atoms with E-state index in [9.17, 15) is 9.59 Å². The largest absolute Gasteiger partial charge is 0.398 e. The molecule has 0 unspecified atom stereocenters. The van der Waals surface area contributed by atoms with E-state index in [1.807, 2.05) is 0 Å². The number of benzene rings is 2. The van der Waals surface area contributed by atoms with Gasteiger partial charge in [-0.2, -0.15) is 0 Å². The molecule has 0 aromatic heterocycles. The molecular formula is C25H29NO2Si. The van der Waals surface area contributed by atoms with Crippen molar-refractivity contribution in [3.63, 3.8) is 0 Å². The first-order valence-electron chi connectivity index (χ1n) is 10.3. The Balaban J connectivity index is 2.15. The molecule has 0 fully saturated rings. The number of anilines is 1. The Labute approximate surface area is 174 Å². The summed E-state index contributed by atoms with van der Waals surface area (Å²) >= 11 is 0. The molecule has 0 atom stereocenters. The molecule has 0 bridgehead atoms. The SMILES string of the molecule is CC(C)[Si](C#Cc1cc2c(cc1N)C(=O)c1ccccc1C2=O)(C(C)C)C(C)C. The number of nitrogen functional groups attached to an aromatic ring is 1. The van der Waals surface area contributed by atoms with E-state index in [0.717, 1.165) is 0 Å². The third-order valence-corrected chi connectivity index (χ3v) is 12.7. The summed E-state index contributed by atoms with van der Waals surface area (Å²) < 4.78 is 0. The normalized spacial score (nSPS) is 13.4. The molecular weight excluding hydrogens is 374 g/mol. The number of carbonyl (C=O) groups excluding carboxylic acids is 2. The fourth-order valence-electron chi connectivity index (χ4n) is 4.88. The minimum Gasteiger partial charge on any atom is -0.398 e. The van der Waals surface area contributed by atoms with Gasteiger partial charge < -0.3 is 5.73 Å². The van der Waals surface area contributed by atoms with E-state index in [-0.39, 0.29) is 11.6 Å². The Bertz CT molecular complexity index is 1030. The standard InChI is InChI=1S/C25H29NO2Si/c1-15(2)29(16(3)4,17(5)6)12-11-18-13-21-22(14-23(18)26)25(28)20-10-8-7-9-19(20)24(21)27/h7-10,13-17H,26H2,1-6H3. The van der Waals surface area contributed by atoms with E-state index < -0.39 is 8.07 Å². The second-order valence-corrected chi connectivity index (χ2v) is 14.4. The van der Waals surface area contributed by atoms with E-state index in [1.165, 1.54) is 0 Å². The van der Waals surface area contributed by atoms with Crippen molar-refractivity contribution in [2.24, 2.45) is 0 Å². The Kier molecular flexibility index (Phi) is 5.56. The second kappa shape index (κ2) is 7.65. The average Bonchev–Trinajstić information content (AvgIpc) is 2.66. The molecule has 2 aromatic carbocycles. The number of fused-ring (bicyclic) bond motifs is 2. The quantitative estimate of drug-likeness (QED) is 0.351. The summed E-state index contributed by atoms with van der Waals surface area (Å²) in [6.07, 6.45) is 0. The Morgan fingerprint density at radius 2 is 1.21 bits per heavy atom. The third-order valence-electron chi connectivity index (χ3n) is 6.37. The highest BCUT2D eigenvalue weighted by molar-refractivity contribution is 6.90. The predicted octanol–water partition coefficient (Wildman–Crippen LogP) is 5.61. The monoisotopic (exact) mass is 403 g/mol. The molecule has 0 spiro atoms. The van der Waals surface area contributed by atoms with Gasteiger partial charge in [0.2, 0.25) is 0 Å². The summed E-state index contributed by atoms with van der Waals surface area (Å²) in [5.74, 6) is 3.03. The van der Waals surface area contributed by atoms with Crippen molar-refractivity contribution in [1.29, 1.82) is 0 Å². The highest BCUT2D eigenvalue weighted by Gasteiger charge is 2.41. The molecule has 3 nitrogen and oxygen atoms in total. The number of ketones is 2. The highest BCUT2D eigenvalue weighted by Crippen LogP contribution is 2.41. The lowest BCUT2D eigenvalue weighted by Gasteiger charge is -2.38. The van der Waals surface area contributed by atoms with Crippen LogP contribution in [0.4, 0.5) is 5.69 Å². The van der Waals surface area contributed by atoms with Gasteiger partial charge in [0, 0.05) is 33.5 Å². The second-order valence-electron chi connectivity index (χ2n) is 8.84. The molecule has 3 rings (SSSR count). The van der Waals surface area contributed by atoms with Gasteiger partial charge >= 0.3 is 0 Å². The summed E-state index contributed by atoms with van der Waals surface area (Å²) in [6, 6.07) is 10.3. The van der Waals surface area contributed by atoms with Gasteiger partial charge in [-0.3, -0.25) is 9.59 Å². The van der Waals surface area contributed by atoms with Crippen LogP contribution in [0.5, 0.6) is 0 Å². The fraction of sp³-hybridized carbons (Fsp3) is 0.360. The molecule has 2 aromatic rings. The molecule has 0 saturated carbocycles. The van der Waals surface area contributed by atoms with Crippen LogP contribution in [0.3, 0.4) is 0 Å². The maximum Gasteiger partial charge on any atom is 0.194 e. The van der Waals surface area contributed by atoms with Crippen LogP contribution in [0.15, 0.2) is 36.4 Å². The van der Waals surface area contributed by atoms with Crippen LogP contribution in [0.25, 0.3) is 0 Å². The van der Waals surface area contributed by atoms with Crippen LogP contribution in [0.2, 0.25) is 16.6 Å². The topological polar surface area (TPSA) is 60.2 Å². The van der Waals surface area contributed by atoms with Gasteiger partial charge in [-0.25, -0.2) is 0 Å². The number of rotatable bonds is 3. The van der Waals surface area contributed by atoms with Crippen molar-refractivity contribution in [3.8, 4) is 11.5 Å². The van der Waals surface area contributed by atoms with Crippen molar-refractivity contribution in [2.75, 3.05) is 5.73 Å². The number of hydrogen-bond acceptors (Lipinski definition) is 3. The van der Waals surface area contributed by atoms with Gasteiger partial charge in [0.05, 0.1) is 0 Å². The molecule has 0 aliphatic heterocycles. The Morgan fingerprint density at radius 1 is 0.759 bits per heavy atom. The molecule has 2 N–H and O–H groups in total. The highest BCUT2D eigenvalue weighted by atomic mass is 28.3. The molecule has 0 heterocycles. The van der Waals surface area contributed by atoms with E-state index in [2.05, 4.69) is 53.0 Å². The van der Waals surface area contributed by atoms with Crippen molar-refractivity contribution in [2.45, 2.75) is 58.2 Å². The summed E-state index contributed by atoms with van der Waals surface area (Å²) in [7, 11) is -1.93. The third kappa shape index (κ3) is 3.34. The number of nitrogens with two attached hydrogens (primary N) is 1. The maximum atomic E-state index is 13.0. The Hall–Kier alpha value is -2.64. The molecule has 1 aliphatic carbocycles. The van der Waals surface area contributed by atoms with Crippen molar-refractivity contribution in [1.82, 2.24) is 0 Å². The van der Waals surface area contributed by atoms with Gasteiger partial charge in [0.25, 0.3) is 0 Å². The first-order chi connectivity index (χ1) is 13.6. The van der Waals surface area contributed by atoms with Crippen molar-refractivity contribution < 1.29 is 9.59 Å². The molecule has 0 amide bonds. The van der Waals surface area contributed by atoms with Crippen LogP contribution >= 0.6 is 0 Å². The van der Waals surface area contributed by atoms with Gasteiger partial charge in [-0.1, -0.05) is 71.7 Å². The van der Waals surface area contributed by atoms with Gasteiger partial charge in [0.15, 0.2) is 11.6 Å². The van der Waals surface area contributed by atoms with Crippen LogP contribution in [-0.2, 0) is 0 Å². The van der Waals surface area contributed by atoms with E-state index in [4.69, 9.17) is 5.73 Å². The van der Waals surface area contributed by atoms with E-state index in [0.29, 0.717) is 50.1 Å². The first-order valence-corrected chi connectivity index (χ1v) is 12.5. The smallest absolute Gasteiger partial charge is 0.194 e. The minimum absolute atomic E-state index is 0.140. The summed E-state index contributed by atoms with van der Waals surface area (Å²) in [4.78, 5) is 25.9. The molecule has 0 radical (unpaired) electrons. The average molecular weight is 404 g/mol. The number of hydrogen-bond donors (Lipinski definition) is 1. The zero-order chi connectivity index (χ0) is 21.5. The van der Waals surface area contributed by atoms with Gasteiger partial charge in [-0.15, -0.1) is 5.54 Å². The maximum absolute atomic E-state index is 13.0. The Morgan fingerprint density at radius 3 is 1.66 bits per heavy atom. The zero-order valence-electron chi connectivity index (χ0n) is 18.1. The predicted molar refractivity (Wildman–Crippen MR) is 122 cm³/mol. The lowest BCUT2D eigenvalue weighted by atomic mass is 9.83. The van der Waals surface area contributed by atoms with E-state index in [1.54, 1.807) is 36.4 Å². The van der Waals surface area contributed by atoms with Crippen LogP contribution in [0, 0.1) is 11.5 Å². The van der Waals surface area contributed by atoms with Crippen molar-refractivity contribution in [3.05, 3.63) is 64.2 Å². The molecule has 29 heavy (non-hydrogen) atoms. The lowest BCUT2D eigenvalue weighted by molar-refractivity contribution is 0.0979. The lowest BCUT2D eigenvalue weighted by Crippen LogP contribution is -2.43. The van der Waals surface area contributed by atoms with Crippen LogP contribution in [-0.4, -0.2) is 19.6 Å². The summed E-state index contributed by atoms with van der Waals surface area (Å²) in [5, 5.41) is 0. The van der Waals surface area contributed by atoms with E-state index >= 15 is 0 Å². The first kappa shape index (κ1) is 21.1. The summed E-state index contributed by atoms with van der Waals surface area (Å²) in [5.41, 5.74) is 14.2. The molecule has 150 valence electrons.